The van der Waals surface area contributed by atoms with Crippen LogP contribution in [0.4, 0.5) is 18.0 Å². The van der Waals surface area contributed by atoms with Crippen molar-refractivity contribution in [2.75, 3.05) is 19.8 Å². The van der Waals surface area contributed by atoms with E-state index in [1.54, 1.807) is 0 Å². The number of carbonyl (C=O) groups is 1. The molecule has 0 bridgehead atoms. The van der Waals surface area contributed by atoms with Gasteiger partial charge in [0.25, 0.3) is 0 Å². The minimum absolute atomic E-state index is 0.00466. The summed E-state index contributed by atoms with van der Waals surface area (Å²) >= 11 is 0. The van der Waals surface area contributed by atoms with Crippen LogP contribution in [0.3, 0.4) is 0 Å². The lowest BCUT2D eigenvalue weighted by Crippen LogP contribution is -2.56. The monoisotopic (exact) mass is 280 g/mol. The third-order valence-corrected chi connectivity index (χ3v) is 3.69. The Bertz CT molecular complexity index is 317. The van der Waals surface area contributed by atoms with Crippen LogP contribution < -0.4 is 5.32 Å². The van der Waals surface area contributed by atoms with Crippen LogP contribution in [0.5, 0.6) is 0 Å². The van der Waals surface area contributed by atoms with Crippen molar-refractivity contribution in [1.82, 2.24) is 10.2 Å². The van der Waals surface area contributed by atoms with Gasteiger partial charge in [-0.2, -0.15) is 13.2 Å². The van der Waals surface area contributed by atoms with E-state index in [2.05, 4.69) is 5.32 Å². The zero-order valence-corrected chi connectivity index (χ0v) is 10.7. The fourth-order valence-electron chi connectivity index (χ4n) is 2.61. The minimum Gasteiger partial charge on any atom is -0.381 e. The number of hydrogen-bond acceptors (Lipinski definition) is 2. The Labute approximate surface area is 110 Å². The minimum atomic E-state index is -4.34. The molecule has 0 radical (unpaired) electrons. The summed E-state index contributed by atoms with van der Waals surface area (Å²) in [5, 5.41) is 2.70. The van der Waals surface area contributed by atoms with Gasteiger partial charge in [-0.25, -0.2) is 4.79 Å². The van der Waals surface area contributed by atoms with Crippen molar-refractivity contribution in [3.8, 4) is 0 Å². The van der Waals surface area contributed by atoms with Crippen LogP contribution in [-0.2, 0) is 4.74 Å². The maximum Gasteiger partial charge on any atom is 0.408 e. The predicted molar refractivity (Wildman–Crippen MR) is 62.8 cm³/mol. The van der Waals surface area contributed by atoms with Crippen LogP contribution in [0, 0.1) is 0 Å². The van der Waals surface area contributed by atoms with E-state index in [0.29, 0.717) is 38.9 Å². The van der Waals surface area contributed by atoms with Gasteiger partial charge >= 0.3 is 12.2 Å². The predicted octanol–water partition coefficient (Wildman–Crippen LogP) is 2.29. The summed E-state index contributed by atoms with van der Waals surface area (Å²) in [4.78, 5) is 12.9. The molecule has 0 aliphatic carbocycles. The van der Waals surface area contributed by atoms with Gasteiger partial charge in [-0.1, -0.05) is 0 Å². The van der Waals surface area contributed by atoms with Crippen molar-refractivity contribution in [3.05, 3.63) is 0 Å². The number of ether oxygens (including phenoxy) is 1. The maximum atomic E-state index is 12.9. The maximum absolute atomic E-state index is 12.9. The Kier molecular flexibility index (Phi) is 4.54. The Morgan fingerprint density at radius 2 is 1.84 bits per heavy atom. The summed E-state index contributed by atoms with van der Waals surface area (Å²) in [6, 6.07) is -2.30. The normalized spacial score (nSPS) is 26.3. The molecule has 2 aliphatic rings. The summed E-state index contributed by atoms with van der Waals surface area (Å²) in [7, 11) is 0. The van der Waals surface area contributed by atoms with Gasteiger partial charge in [0.15, 0.2) is 0 Å². The molecule has 110 valence electrons. The number of nitrogens with one attached hydrogen (secondary N) is 1. The van der Waals surface area contributed by atoms with Crippen molar-refractivity contribution >= 4 is 6.03 Å². The molecule has 2 fully saturated rings. The van der Waals surface area contributed by atoms with Gasteiger partial charge in [0.1, 0.15) is 6.04 Å². The van der Waals surface area contributed by atoms with Gasteiger partial charge in [-0.05, 0) is 32.1 Å². The van der Waals surface area contributed by atoms with Crippen molar-refractivity contribution in [2.24, 2.45) is 0 Å². The zero-order chi connectivity index (χ0) is 13.9. The summed E-state index contributed by atoms with van der Waals surface area (Å²) < 4.78 is 43.8. The molecule has 19 heavy (non-hydrogen) atoms. The molecule has 2 saturated heterocycles. The van der Waals surface area contributed by atoms with Crippen LogP contribution in [0.15, 0.2) is 0 Å². The molecule has 2 rings (SSSR count). The summed E-state index contributed by atoms with van der Waals surface area (Å²) in [5.41, 5.74) is 0. The van der Waals surface area contributed by atoms with Crippen molar-refractivity contribution < 1.29 is 22.7 Å². The van der Waals surface area contributed by atoms with Gasteiger partial charge in [-0.15, -0.1) is 0 Å². The quantitative estimate of drug-likeness (QED) is 0.800. The van der Waals surface area contributed by atoms with Crippen LogP contribution in [-0.4, -0.2) is 48.9 Å². The second-order valence-electron chi connectivity index (χ2n) is 5.08. The molecule has 0 saturated carbocycles. The Balaban J connectivity index is 1.95. The number of alkyl halides is 3. The lowest BCUT2D eigenvalue weighted by atomic mass is 10.0. The Hall–Kier alpha value is -0.980. The Morgan fingerprint density at radius 3 is 2.47 bits per heavy atom. The Morgan fingerprint density at radius 1 is 1.16 bits per heavy atom. The summed E-state index contributed by atoms with van der Waals surface area (Å²) in [6.07, 6.45) is -1.86. The highest BCUT2D eigenvalue weighted by atomic mass is 19.4. The van der Waals surface area contributed by atoms with E-state index in [1.165, 1.54) is 0 Å². The van der Waals surface area contributed by atoms with Gasteiger partial charge in [-0.3, -0.25) is 0 Å². The molecule has 7 heteroatoms. The molecule has 2 heterocycles. The average molecular weight is 280 g/mol. The van der Waals surface area contributed by atoms with Crippen molar-refractivity contribution in [3.63, 3.8) is 0 Å². The average Bonchev–Trinajstić information content (AvgIpc) is 2.39. The SMILES string of the molecule is O=C(NC1CCOCC1)N1CCCCC1C(F)(F)F. The first-order valence-corrected chi connectivity index (χ1v) is 6.70. The smallest absolute Gasteiger partial charge is 0.381 e. The number of amides is 2. The molecule has 2 aliphatic heterocycles. The van der Waals surface area contributed by atoms with E-state index in [1.807, 2.05) is 0 Å². The third-order valence-electron chi connectivity index (χ3n) is 3.69. The first kappa shape index (κ1) is 14.4. The first-order valence-electron chi connectivity index (χ1n) is 6.70. The number of piperidine rings is 1. The fraction of sp³-hybridized carbons (Fsp3) is 0.917. The topological polar surface area (TPSA) is 41.6 Å². The molecule has 0 aromatic carbocycles. The number of hydrogen-bond donors (Lipinski definition) is 1. The number of urea groups is 1. The lowest BCUT2D eigenvalue weighted by Gasteiger charge is -2.37. The number of likely N-dealkylation sites (tertiary alicyclic amines) is 1. The van der Waals surface area contributed by atoms with E-state index in [0.717, 1.165) is 4.90 Å². The molecule has 0 aromatic heterocycles. The molecule has 4 nitrogen and oxygen atoms in total. The van der Waals surface area contributed by atoms with E-state index in [9.17, 15) is 18.0 Å². The van der Waals surface area contributed by atoms with Crippen LogP contribution >= 0.6 is 0 Å². The zero-order valence-electron chi connectivity index (χ0n) is 10.7. The molecule has 1 unspecified atom stereocenters. The second-order valence-corrected chi connectivity index (χ2v) is 5.08. The van der Waals surface area contributed by atoms with Crippen LogP contribution in [0.2, 0.25) is 0 Å². The highest BCUT2D eigenvalue weighted by Crippen LogP contribution is 2.31. The van der Waals surface area contributed by atoms with Gasteiger partial charge in [0.05, 0.1) is 0 Å². The highest BCUT2D eigenvalue weighted by molar-refractivity contribution is 5.75. The molecular weight excluding hydrogens is 261 g/mol. The van der Waals surface area contributed by atoms with E-state index < -0.39 is 18.2 Å². The van der Waals surface area contributed by atoms with Gasteiger partial charge in [0, 0.05) is 25.8 Å². The molecule has 0 spiro atoms. The molecule has 2 amide bonds. The standard InChI is InChI=1S/C12H19F3N2O2/c13-12(14,15)10-3-1-2-6-17(10)11(18)16-9-4-7-19-8-5-9/h9-10H,1-8H2,(H,16,18). The highest BCUT2D eigenvalue weighted by Gasteiger charge is 2.46. The summed E-state index contributed by atoms with van der Waals surface area (Å²) in [6.45, 7) is 1.28. The molecular formula is C12H19F3N2O2. The van der Waals surface area contributed by atoms with E-state index in [4.69, 9.17) is 4.74 Å². The molecule has 0 aromatic rings. The van der Waals surface area contributed by atoms with Crippen LogP contribution in [0.1, 0.15) is 32.1 Å². The number of nitrogens with zero attached hydrogens (tertiary/aromatic N) is 1. The largest absolute Gasteiger partial charge is 0.408 e. The fourth-order valence-corrected chi connectivity index (χ4v) is 2.61. The lowest BCUT2D eigenvalue weighted by molar-refractivity contribution is -0.182. The van der Waals surface area contributed by atoms with Crippen molar-refractivity contribution in [1.29, 1.82) is 0 Å². The number of halogens is 3. The summed E-state index contributed by atoms with van der Waals surface area (Å²) in [5.74, 6) is 0. The second kappa shape index (κ2) is 5.98. The first-order chi connectivity index (χ1) is 8.98. The number of carbonyl (C=O) groups excluding carboxylic acids is 1. The van der Waals surface area contributed by atoms with E-state index in [-0.39, 0.29) is 19.0 Å². The molecule has 1 atom stereocenters. The molecule has 1 N–H and O–H groups in total. The van der Waals surface area contributed by atoms with Gasteiger partial charge in [0.2, 0.25) is 0 Å². The van der Waals surface area contributed by atoms with Crippen LogP contribution in [0.25, 0.3) is 0 Å². The van der Waals surface area contributed by atoms with Crippen molar-refractivity contribution in [2.45, 2.75) is 50.4 Å². The van der Waals surface area contributed by atoms with E-state index >= 15 is 0 Å². The third kappa shape index (κ3) is 3.75. The van der Waals surface area contributed by atoms with Gasteiger partial charge < -0.3 is 15.0 Å². The number of rotatable bonds is 1.